The highest BCUT2D eigenvalue weighted by Crippen LogP contribution is 2.44. The Morgan fingerprint density at radius 2 is 1.63 bits per heavy atom. The van der Waals surface area contributed by atoms with E-state index in [2.05, 4.69) is 27.8 Å². The summed E-state index contributed by atoms with van der Waals surface area (Å²) in [5.74, 6) is -1.62. The fourth-order valence-corrected chi connectivity index (χ4v) is 4.11. The van der Waals surface area contributed by atoms with Gasteiger partial charge in [0.05, 0.1) is 30.3 Å². The standard InChI is InChI=1S/C26H25N3O6/c30-18(12-24(31)28-13-17-11-16(25(32)33)9-10-27-17)14-29-26(34)35-15-23-21-7-3-1-5-19(21)20-6-2-4-8-22(20)23/h1-11,18,23,30H,12-15H2,(H,28,31)(H,29,34)(H,32,33). The molecule has 1 aliphatic rings. The van der Waals surface area contributed by atoms with Crippen molar-refractivity contribution in [3.8, 4) is 11.1 Å². The highest BCUT2D eigenvalue weighted by molar-refractivity contribution is 5.87. The van der Waals surface area contributed by atoms with Crippen molar-refractivity contribution < 1.29 is 29.3 Å². The number of carbonyl (C=O) groups excluding carboxylic acids is 2. The number of aliphatic hydroxyl groups excluding tert-OH is 1. The molecule has 1 atom stereocenters. The van der Waals surface area contributed by atoms with Gasteiger partial charge in [-0.15, -0.1) is 0 Å². The van der Waals surface area contributed by atoms with Gasteiger partial charge in [0.1, 0.15) is 6.61 Å². The second kappa shape index (κ2) is 10.8. The van der Waals surface area contributed by atoms with E-state index in [0.717, 1.165) is 22.3 Å². The van der Waals surface area contributed by atoms with Crippen molar-refractivity contribution in [2.45, 2.75) is 25.0 Å². The SMILES string of the molecule is O=C(CC(O)CNC(=O)OCC1c2ccccc2-c2ccccc21)NCc1cc(C(=O)O)ccn1. The van der Waals surface area contributed by atoms with Crippen LogP contribution in [0.2, 0.25) is 0 Å². The monoisotopic (exact) mass is 475 g/mol. The van der Waals surface area contributed by atoms with Gasteiger partial charge in [0.25, 0.3) is 0 Å². The average Bonchev–Trinajstić information content (AvgIpc) is 3.19. The Bertz CT molecular complexity index is 1200. The van der Waals surface area contributed by atoms with Crippen molar-refractivity contribution in [3.63, 3.8) is 0 Å². The summed E-state index contributed by atoms with van der Waals surface area (Å²) in [6, 6.07) is 18.7. The lowest BCUT2D eigenvalue weighted by atomic mass is 9.98. The van der Waals surface area contributed by atoms with Crippen LogP contribution < -0.4 is 10.6 Å². The van der Waals surface area contributed by atoms with Crippen molar-refractivity contribution in [2.24, 2.45) is 0 Å². The summed E-state index contributed by atoms with van der Waals surface area (Å²) in [5.41, 5.74) is 4.90. The van der Waals surface area contributed by atoms with Crippen molar-refractivity contribution >= 4 is 18.0 Å². The molecule has 0 radical (unpaired) electrons. The third-order valence-corrected chi connectivity index (χ3v) is 5.78. The molecule has 1 aliphatic carbocycles. The number of hydrogen-bond donors (Lipinski definition) is 4. The summed E-state index contributed by atoms with van der Waals surface area (Å²) >= 11 is 0. The van der Waals surface area contributed by atoms with Crippen LogP contribution in [0.4, 0.5) is 4.79 Å². The molecule has 2 amide bonds. The van der Waals surface area contributed by atoms with Gasteiger partial charge < -0.3 is 25.6 Å². The van der Waals surface area contributed by atoms with Gasteiger partial charge in [-0.2, -0.15) is 0 Å². The Balaban J connectivity index is 1.21. The number of aliphatic hydroxyl groups is 1. The van der Waals surface area contributed by atoms with Gasteiger partial charge in [0.2, 0.25) is 5.91 Å². The van der Waals surface area contributed by atoms with Gasteiger partial charge >= 0.3 is 12.1 Å². The minimum atomic E-state index is -1.12. The lowest BCUT2D eigenvalue weighted by molar-refractivity contribution is -0.123. The summed E-state index contributed by atoms with van der Waals surface area (Å²) < 4.78 is 5.41. The van der Waals surface area contributed by atoms with E-state index >= 15 is 0 Å². The average molecular weight is 476 g/mol. The normalized spacial score (nSPS) is 12.8. The van der Waals surface area contributed by atoms with Gasteiger partial charge in [-0.1, -0.05) is 48.5 Å². The van der Waals surface area contributed by atoms with E-state index in [1.807, 2.05) is 36.4 Å². The molecule has 0 aliphatic heterocycles. The van der Waals surface area contributed by atoms with Gasteiger partial charge in [-0.25, -0.2) is 9.59 Å². The molecule has 180 valence electrons. The first kappa shape index (κ1) is 23.9. The second-order valence-electron chi connectivity index (χ2n) is 8.18. The van der Waals surface area contributed by atoms with E-state index in [9.17, 15) is 19.5 Å². The number of amides is 2. The van der Waals surface area contributed by atoms with Crippen molar-refractivity contribution in [2.75, 3.05) is 13.2 Å². The van der Waals surface area contributed by atoms with Gasteiger partial charge in [0.15, 0.2) is 0 Å². The minimum Gasteiger partial charge on any atom is -0.478 e. The summed E-state index contributed by atoms with van der Waals surface area (Å²) in [4.78, 5) is 39.3. The first-order valence-electron chi connectivity index (χ1n) is 11.1. The number of fused-ring (bicyclic) bond motifs is 3. The van der Waals surface area contributed by atoms with Crippen LogP contribution in [-0.2, 0) is 16.1 Å². The number of carbonyl (C=O) groups is 3. The van der Waals surface area contributed by atoms with Crippen molar-refractivity contribution in [1.82, 2.24) is 15.6 Å². The Labute approximate surface area is 201 Å². The zero-order chi connectivity index (χ0) is 24.8. The first-order valence-corrected chi connectivity index (χ1v) is 11.1. The highest BCUT2D eigenvalue weighted by Gasteiger charge is 2.29. The number of rotatable bonds is 9. The Hall–Kier alpha value is -4.24. The Morgan fingerprint density at radius 1 is 0.971 bits per heavy atom. The van der Waals surface area contributed by atoms with Crippen LogP contribution in [0.15, 0.2) is 66.9 Å². The third-order valence-electron chi connectivity index (χ3n) is 5.78. The maximum Gasteiger partial charge on any atom is 0.407 e. The van der Waals surface area contributed by atoms with Gasteiger partial charge in [0, 0.05) is 18.7 Å². The number of alkyl carbamates (subject to hydrolysis) is 1. The lowest BCUT2D eigenvalue weighted by Crippen LogP contribution is -2.36. The fourth-order valence-electron chi connectivity index (χ4n) is 4.11. The van der Waals surface area contributed by atoms with E-state index < -0.39 is 24.1 Å². The van der Waals surface area contributed by atoms with Crippen LogP contribution in [0.1, 0.15) is 39.5 Å². The fraction of sp³-hybridized carbons (Fsp3) is 0.231. The number of nitrogens with one attached hydrogen (secondary N) is 2. The molecule has 0 bridgehead atoms. The number of pyridine rings is 1. The van der Waals surface area contributed by atoms with E-state index in [1.165, 1.54) is 18.3 Å². The van der Waals surface area contributed by atoms with Gasteiger partial charge in [-0.3, -0.25) is 9.78 Å². The second-order valence-corrected chi connectivity index (χ2v) is 8.18. The molecule has 4 rings (SSSR count). The van der Waals surface area contributed by atoms with Crippen LogP contribution in [0.5, 0.6) is 0 Å². The molecule has 1 heterocycles. The molecule has 0 saturated carbocycles. The maximum atomic E-state index is 12.2. The largest absolute Gasteiger partial charge is 0.478 e. The smallest absolute Gasteiger partial charge is 0.407 e. The molecule has 0 saturated heterocycles. The van der Waals surface area contributed by atoms with E-state index in [-0.39, 0.29) is 37.6 Å². The number of carboxylic acid groups (broad SMARTS) is 1. The predicted molar refractivity (Wildman–Crippen MR) is 127 cm³/mol. The number of ether oxygens (including phenoxy) is 1. The molecule has 4 N–H and O–H groups in total. The molecular formula is C26H25N3O6. The molecule has 1 unspecified atom stereocenters. The summed E-state index contributed by atoms with van der Waals surface area (Å²) in [5, 5.41) is 24.2. The number of benzene rings is 2. The lowest BCUT2D eigenvalue weighted by Gasteiger charge is -2.16. The topological polar surface area (TPSA) is 138 Å². The first-order chi connectivity index (χ1) is 16.9. The Morgan fingerprint density at radius 3 is 2.29 bits per heavy atom. The van der Waals surface area contributed by atoms with Crippen LogP contribution in [0.3, 0.4) is 0 Å². The van der Waals surface area contributed by atoms with Crippen LogP contribution in [0.25, 0.3) is 11.1 Å². The van der Waals surface area contributed by atoms with E-state index in [1.54, 1.807) is 0 Å². The van der Waals surface area contributed by atoms with Crippen LogP contribution >= 0.6 is 0 Å². The van der Waals surface area contributed by atoms with Crippen LogP contribution in [0, 0.1) is 0 Å². The molecule has 9 nitrogen and oxygen atoms in total. The number of aromatic carboxylic acids is 1. The molecule has 0 fully saturated rings. The van der Waals surface area contributed by atoms with E-state index in [0.29, 0.717) is 5.69 Å². The highest BCUT2D eigenvalue weighted by atomic mass is 16.5. The number of carboxylic acids is 1. The number of aromatic nitrogens is 1. The van der Waals surface area contributed by atoms with Crippen LogP contribution in [-0.4, -0.2) is 52.4 Å². The van der Waals surface area contributed by atoms with Crippen molar-refractivity contribution in [3.05, 3.63) is 89.2 Å². The quantitative estimate of drug-likeness (QED) is 0.373. The predicted octanol–water partition coefficient (Wildman–Crippen LogP) is 2.69. The van der Waals surface area contributed by atoms with Gasteiger partial charge in [-0.05, 0) is 34.4 Å². The number of hydrogen-bond acceptors (Lipinski definition) is 6. The summed E-state index contributed by atoms with van der Waals surface area (Å²) in [7, 11) is 0. The maximum absolute atomic E-state index is 12.2. The van der Waals surface area contributed by atoms with E-state index in [4.69, 9.17) is 9.84 Å². The molecule has 35 heavy (non-hydrogen) atoms. The Kier molecular flexibility index (Phi) is 7.37. The van der Waals surface area contributed by atoms with Crippen molar-refractivity contribution in [1.29, 1.82) is 0 Å². The number of nitrogens with zero attached hydrogens (tertiary/aromatic N) is 1. The molecule has 0 spiro atoms. The molecule has 9 heteroatoms. The minimum absolute atomic E-state index is 0.0203. The third kappa shape index (κ3) is 5.82. The zero-order valence-electron chi connectivity index (χ0n) is 18.8. The molecule has 2 aromatic carbocycles. The zero-order valence-corrected chi connectivity index (χ0v) is 18.8. The molecular weight excluding hydrogens is 450 g/mol. The summed E-state index contributed by atoms with van der Waals surface area (Å²) in [6.07, 6.45) is -0.699. The molecule has 1 aromatic heterocycles. The molecule has 3 aromatic rings. The summed E-state index contributed by atoms with van der Waals surface area (Å²) in [6.45, 7) is 0.0160.